The largest absolute Gasteiger partial charge is 0.506 e. The molecule has 2 N–H and O–H groups in total. The molecule has 3 nitrogen and oxygen atoms in total. The average Bonchev–Trinajstić information content (AvgIpc) is 2.01. The Kier molecular flexibility index (Phi) is 2.01. The molecule has 0 aliphatic heterocycles. The summed E-state index contributed by atoms with van der Waals surface area (Å²) in [6, 6.07) is 2.52. The molecule has 0 radical (unpaired) electrons. The fraction of sp³-hybridized carbons (Fsp3) is 0. The van der Waals surface area contributed by atoms with Crippen LogP contribution < -0.4 is 0 Å². The molecule has 0 saturated carbocycles. The monoisotopic (exact) mass is 172 g/mol. The molecule has 4 heteroatoms. The van der Waals surface area contributed by atoms with Crippen molar-refractivity contribution in [1.29, 1.82) is 0 Å². The molecular weight excluding hydrogens is 168 g/mol. The summed E-state index contributed by atoms with van der Waals surface area (Å²) in [5.41, 5.74) is 0.0628. The minimum atomic E-state index is -0.387. The van der Waals surface area contributed by atoms with Gasteiger partial charge in [-0.2, -0.15) is 0 Å². The third-order valence-corrected chi connectivity index (χ3v) is 1.63. The van der Waals surface area contributed by atoms with Crippen molar-refractivity contribution < 1.29 is 15.0 Å². The van der Waals surface area contributed by atoms with Crippen molar-refractivity contribution in [2.45, 2.75) is 0 Å². The van der Waals surface area contributed by atoms with Gasteiger partial charge < -0.3 is 10.2 Å². The Balaban J connectivity index is 3.36. The zero-order valence-corrected chi connectivity index (χ0v) is 6.17. The van der Waals surface area contributed by atoms with Crippen LogP contribution in [0.1, 0.15) is 10.4 Å². The van der Waals surface area contributed by atoms with Gasteiger partial charge in [-0.15, -0.1) is 0 Å². The number of halogens is 1. The summed E-state index contributed by atoms with van der Waals surface area (Å²) >= 11 is 5.40. The lowest BCUT2D eigenvalue weighted by Gasteiger charge is -2.00. The van der Waals surface area contributed by atoms with E-state index in [4.69, 9.17) is 21.8 Å². The molecule has 0 aromatic heterocycles. The number of phenols is 2. The molecule has 1 aromatic rings. The Bertz CT molecular complexity index is 296. The van der Waals surface area contributed by atoms with Crippen LogP contribution in [0.3, 0.4) is 0 Å². The van der Waals surface area contributed by atoms with E-state index < -0.39 is 0 Å². The molecule has 0 atom stereocenters. The van der Waals surface area contributed by atoms with Gasteiger partial charge in [0.1, 0.15) is 16.5 Å². The summed E-state index contributed by atoms with van der Waals surface area (Å²) in [4.78, 5) is 10.2. The number of carbonyl (C=O) groups is 1. The summed E-state index contributed by atoms with van der Waals surface area (Å²) in [6.07, 6.45) is 0.459. The second-order valence-corrected chi connectivity index (χ2v) is 2.33. The molecule has 0 fully saturated rings. The van der Waals surface area contributed by atoms with E-state index >= 15 is 0 Å². The first kappa shape index (κ1) is 7.88. The minimum absolute atomic E-state index is 0.0628. The molecule has 0 saturated heterocycles. The summed E-state index contributed by atoms with van der Waals surface area (Å²) in [6.45, 7) is 0. The summed E-state index contributed by atoms with van der Waals surface area (Å²) < 4.78 is 0. The lowest BCUT2D eigenvalue weighted by Crippen LogP contribution is -1.81. The van der Waals surface area contributed by atoms with Crippen LogP contribution in [0.15, 0.2) is 12.1 Å². The van der Waals surface area contributed by atoms with Crippen molar-refractivity contribution in [3.8, 4) is 11.5 Å². The third-order valence-electron chi connectivity index (χ3n) is 1.25. The molecule has 0 heterocycles. The number of benzene rings is 1. The highest BCUT2D eigenvalue weighted by Crippen LogP contribution is 2.34. The van der Waals surface area contributed by atoms with Crippen molar-refractivity contribution in [2.24, 2.45) is 0 Å². The Morgan fingerprint density at radius 2 is 2.00 bits per heavy atom. The Hall–Kier alpha value is -1.22. The van der Waals surface area contributed by atoms with Crippen molar-refractivity contribution >= 4 is 17.9 Å². The number of aromatic hydroxyl groups is 2. The predicted octanol–water partition coefficient (Wildman–Crippen LogP) is 1.56. The van der Waals surface area contributed by atoms with Gasteiger partial charge >= 0.3 is 0 Å². The van der Waals surface area contributed by atoms with Crippen molar-refractivity contribution in [3.05, 3.63) is 22.7 Å². The molecule has 0 unspecified atom stereocenters. The highest BCUT2D eigenvalue weighted by molar-refractivity contribution is 6.33. The highest BCUT2D eigenvalue weighted by Gasteiger charge is 2.08. The normalized spacial score (nSPS) is 9.55. The highest BCUT2D eigenvalue weighted by atomic mass is 35.5. The average molecular weight is 173 g/mol. The summed E-state index contributed by atoms with van der Waals surface area (Å²) in [7, 11) is 0. The number of hydrogen-bond donors (Lipinski definition) is 2. The Labute approximate surface area is 67.8 Å². The molecule has 0 bridgehead atoms. The van der Waals surface area contributed by atoms with Gasteiger partial charge in [0.05, 0.1) is 5.56 Å². The lowest BCUT2D eigenvalue weighted by molar-refractivity contribution is 0.112. The van der Waals surface area contributed by atoms with Gasteiger partial charge in [-0.3, -0.25) is 4.79 Å². The second-order valence-electron chi connectivity index (χ2n) is 1.95. The van der Waals surface area contributed by atoms with Crippen LogP contribution in [0.4, 0.5) is 0 Å². The molecule has 1 aromatic carbocycles. The zero-order chi connectivity index (χ0) is 8.43. The van der Waals surface area contributed by atoms with Gasteiger partial charge in [-0.05, 0) is 12.1 Å². The number of carbonyl (C=O) groups excluding carboxylic acids is 1. The molecule has 11 heavy (non-hydrogen) atoms. The molecule has 0 spiro atoms. The number of aldehydes is 1. The first-order chi connectivity index (χ1) is 5.16. The third kappa shape index (κ3) is 1.28. The molecular formula is C7H5ClO3. The SMILES string of the molecule is O=Cc1ccc(O)c(Cl)c1O. The van der Waals surface area contributed by atoms with Crippen LogP contribution in [0, 0.1) is 0 Å². The van der Waals surface area contributed by atoms with Crippen molar-refractivity contribution in [3.63, 3.8) is 0 Å². The first-order valence-electron chi connectivity index (χ1n) is 2.82. The lowest BCUT2D eigenvalue weighted by atomic mass is 10.2. The zero-order valence-electron chi connectivity index (χ0n) is 5.41. The maximum absolute atomic E-state index is 10.2. The van der Waals surface area contributed by atoms with E-state index in [-0.39, 0.29) is 22.1 Å². The summed E-state index contributed by atoms with van der Waals surface area (Å²) in [5, 5.41) is 17.8. The van der Waals surface area contributed by atoms with Crippen molar-refractivity contribution in [1.82, 2.24) is 0 Å². The molecule has 0 aliphatic carbocycles. The number of rotatable bonds is 1. The van der Waals surface area contributed by atoms with Gasteiger partial charge in [0.15, 0.2) is 6.29 Å². The van der Waals surface area contributed by atoms with E-state index in [0.717, 1.165) is 0 Å². The van der Waals surface area contributed by atoms with Crippen LogP contribution in [0.5, 0.6) is 11.5 Å². The quantitative estimate of drug-likeness (QED) is 0.632. The van der Waals surface area contributed by atoms with E-state index in [9.17, 15) is 4.79 Å². The van der Waals surface area contributed by atoms with Crippen molar-refractivity contribution in [2.75, 3.05) is 0 Å². The van der Waals surface area contributed by atoms with E-state index in [2.05, 4.69) is 0 Å². The Morgan fingerprint density at radius 3 is 2.55 bits per heavy atom. The van der Waals surface area contributed by atoms with E-state index in [1.165, 1.54) is 12.1 Å². The molecule has 58 valence electrons. The molecule has 0 aliphatic rings. The van der Waals surface area contributed by atoms with Crippen LogP contribution >= 0.6 is 11.6 Å². The fourth-order valence-corrected chi connectivity index (χ4v) is 0.836. The van der Waals surface area contributed by atoms with E-state index in [1.807, 2.05) is 0 Å². The maximum Gasteiger partial charge on any atom is 0.153 e. The second kappa shape index (κ2) is 2.80. The van der Waals surface area contributed by atoms with Gasteiger partial charge in [-0.25, -0.2) is 0 Å². The predicted molar refractivity (Wildman–Crippen MR) is 40.2 cm³/mol. The maximum atomic E-state index is 10.2. The smallest absolute Gasteiger partial charge is 0.153 e. The Morgan fingerprint density at radius 1 is 1.36 bits per heavy atom. The minimum Gasteiger partial charge on any atom is -0.506 e. The first-order valence-corrected chi connectivity index (χ1v) is 3.20. The van der Waals surface area contributed by atoms with Crippen LogP contribution in [0.2, 0.25) is 5.02 Å². The van der Waals surface area contributed by atoms with Crippen LogP contribution in [0.25, 0.3) is 0 Å². The summed E-state index contributed by atoms with van der Waals surface area (Å²) in [5.74, 6) is -0.628. The molecule has 1 rings (SSSR count). The fourth-order valence-electron chi connectivity index (χ4n) is 0.664. The van der Waals surface area contributed by atoms with Gasteiger partial charge in [0.2, 0.25) is 0 Å². The van der Waals surface area contributed by atoms with E-state index in [0.29, 0.717) is 6.29 Å². The van der Waals surface area contributed by atoms with Gasteiger partial charge in [0, 0.05) is 0 Å². The van der Waals surface area contributed by atoms with Crippen LogP contribution in [-0.2, 0) is 0 Å². The standard InChI is InChI=1S/C7H5ClO3/c8-6-5(10)2-1-4(3-9)7(6)11/h1-3,10-11H. The van der Waals surface area contributed by atoms with Crippen LogP contribution in [-0.4, -0.2) is 16.5 Å². The number of phenolic OH excluding ortho intramolecular Hbond substituents is 2. The van der Waals surface area contributed by atoms with E-state index in [1.54, 1.807) is 0 Å². The van der Waals surface area contributed by atoms with Gasteiger partial charge in [0.25, 0.3) is 0 Å². The molecule has 0 amide bonds. The van der Waals surface area contributed by atoms with Gasteiger partial charge in [-0.1, -0.05) is 11.6 Å². The topological polar surface area (TPSA) is 57.5 Å². The number of hydrogen-bond acceptors (Lipinski definition) is 3.